The maximum atomic E-state index is 13.4. The fraction of sp³-hybridized carbons (Fsp3) is 0.231. The zero-order valence-electron chi connectivity index (χ0n) is 9.58. The summed E-state index contributed by atoms with van der Waals surface area (Å²) in [5, 5.41) is 3.02. The zero-order chi connectivity index (χ0) is 12.3. The van der Waals surface area contributed by atoms with Crippen molar-refractivity contribution in [1.29, 1.82) is 0 Å². The molecule has 1 heterocycles. The molecule has 0 aliphatic rings. The summed E-state index contributed by atoms with van der Waals surface area (Å²) in [5.41, 5.74) is 1.18. The third kappa shape index (κ3) is 2.71. The number of rotatable bonds is 4. The average Bonchev–Trinajstić information content (AvgIpc) is 2.72. The smallest absolute Gasteiger partial charge is 0.131 e. The normalized spacial score (nSPS) is 10.8. The maximum absolute atomic E-state index is 13.4. The van der Waals surface area contributed by atoms with Crippen LogP contribution in [-0.2, 0) is 13.1 Å². The minimum atomic E-state index is -0.506. The highest BCUT2D eigenvalue weighted by Crippen LogP contribution is 2.14. The van der Waals surface area contributed by atoms with E-state index in [1.807, 2.05) is 25.5 Å². The van der Waals surface area contributed by atoms with Crippen LogP contribution >= 0.6 is 0 Å². The number of halogens is 2. The molecule has 1 N–H and O–H groups in total. The second-order valence-corrected chi connectivity index (χ2v) is 3.92. The summed E-state index contributed by atoms with van der Waals surface area (Å²) in [6, 6.07) is 5.85. The SMILES string of the molecule is CNCc1ccn(Cc2c(F)cccc2F)c1. The van der Waals surface area contributed by atoms with Crippen LogP contribution in [0.3, 0.4) is 0 Å². The first-order valence-electron chi connectivity index (χ1n) is 5.43. The van der Waals surface area contributed by atoms with E-state index in [0.29, 0.717) is 0 Å². The van der Waals surface area contributed by atoms with Crippen molar-refractivity contribution in [3.8, 4) is 0 Å². The molecule has 17 heavy (non-hydrogen) atoms. The van der Waals surface area contributed by atoms with Gasteiger partial charge in [-0.05, 0) is 30.8 Å². The first-order chi connectivity index (χ1) is 8.20. The second-order valence-electron chi connectivity index (χ2n) is 3.92. The lowest BCUT2D eigenvalue weighted by Crippen LogP contribution is -2.05. The summed E-state index contributed by atoms with van der Waals surface area (Å²) in [7, 11) is 1.86. The number of hydrogen-bond acceptors (Lipinski definition) is 1. The molecule has 1 aromatic carbocycles. The van der Waals surface area contributed by atoms with Crippen LogP contribution in [0.4, 0.5) is 8.78 Å². The van der Waals surface area contributed by atoms with Gasteiger partial charge >= 0.3 is 0 Å². The van der Waals surface area contributed by atoms with E-state index in [0.717, 1.165) is 12.1 Å². The summed E-state index contributed by atoms with van der Waals surface area (Å²) in [6.45, 7) is 0.953. The lowest BCUT2D eigenvalue weighted by atomic mass is 10.2. The number of aromatic nitrogens is 1. The van der Waals surface area contributed by atoms with E-state index in [9.17, 15) is 8.78 Å². The molecule has 4 heteroatoms. The molecule has 0 aliphatic carbocycles. The van der Waals surface area contributed by atoms with Crippen LogP contribution in [0.1, 0.15) is 11.1 Å². The van der Waals surface area contributed by atoms with E-state index in [1.54, 1.807) is 4.57 Å². The summed E-state index contributed by atoms with van der Waals surface area (Å²) >= 11 is 0. The topological polar surface area (TPSA) is 17.0 Å². The Bertz CT molecular complexity index is 486. The first kappa shape index (κ1) is 11.8. The van der Waals surface area contributed by atoms with E-state index in [1.165, 1.54) is 18.2 Å². The molecule has 0 bridgehead atoms. The van der Waals surface area contributed by atoms with Crippen LogP contribution in [0.2, 0.25) is 0 Å². The molecule has 0 radical (unpaired) electrons. The fourth-order valence-electron chi connectivity index (χ4n) is 1.76. The fourth-order valence-corrected chi connectivity index (χ4v) is 1.76. The molecule has 0 aliphatic heterocycles. The van der Waals surface area contributed by atoms with E-state index in [2.05, 4.69) is 5.32 Å². The highest BCUT2D eigenvalue weighted by atomic mass is 19.1. The largest absolute Gasteiger partial charge is 0.349 e. The average molecular weight is 236 g/mol. The van der Waals surface area contributed by atoms with E-state index < -0.39 is 11.6 Å². The third-order valence-electron chi connectivity index (χ3n) is 2.60. The maximum Gasteiger partial charge on any atom is 0.131 e. The number of nitrogens with zero attached hydrogens (tertiary/aromatic N) is 1. The monoisotopic (exact) mass is 236 g/mol. The Morgan fingerprint density at radius 1 is 1.18 bits per heavy atom. The molecule has 0 atom stereocenters. The Morgan fingerprint density at radius 2 is 1.88 bits per heavy atom. The molecule has 0 saturated carbocycles. The zero-order valence-corrected chi connectivity index (χ0v) is 9.58. The predicted octanol–water partition coefficient (Wildman–Crippen LogP) is 2.53. The van der Waals surface area contributed by atoms with Gasteiger partial charge in [0.1, 0.15) is 11.6 Å². The summed E-state index contributed by atoms with van der Waals surface area (Å²) in [5.74, 6) is -1.01. The molecular formula is C13H14F2N2. The molecule has 0 unspecified atom stereocenters. The molecule has 0 saturated heterocycles. The quantitative estimate of drug-likeness (QED) is 0.863. The minimum Gasteiger partial charge on any atom is -0.349 e. The Kier molecular flexibility index (Phi) is 3.54. The van der Waals surface area contributed by atoms with Crippen LogP contribution < -0.4 is 5.32 Å². The van der Waals surface area contributed by atoms with Gasteiger partial charge < -0.3 is 9.88 Å². The predicted molar refractivity (Wildman–Crippen MR) is 62.7 cm³/mol. The van der Waals surface area contributed by atoms with Crippen molar-refractivity contribution in [1.82, 2.24) is 9.88 Å². The van der Waals surface area contributed by atoms with Gasteiger partial charge in [-0.3, -0.25) is 0 Å². The van der Waals surface area contributed by atoms with Crippen molar-refractivity contribution in [3.05, 3.63) is 59.4 Å². The van der Waals surface area contributed by atoms with Gasteiger partial charge in [0.25, 0.3) is 0 Å². The first-order valence-corrected chi connectivity index (χ1v) is 5.43. The van der Waals surface area contributed by atoms with Crippen molar-refractivity contribution in [2.24, 2.45) is 0 Å². The van der Waals surface area contributed by atoms with Gasteiger partial charge in [-0.1, -0.05) is 6.07 Å². The molecule has 0 fully saturated rings. The van der Waals surface area contributed by atoms with E-state index in [-0.39, 0.29) is 12.1 Å². The Balaban J connectivity index is 2.19. The highest BCUT2D eigenvalue weighted by molar-refractivity contribution is 5.21. The van der Waals surface area contributed by atoms with Crippen molar-refractivity contribution >= 4 is 0 Å². The molecule has 90 valence electrons. The minimum absolute atomic E-state index is 0.0964. The van der Waals surface area contributed by atoms with Crippen LogP contribution in [0.5, 0.6) is 0 Å². The molecule has 1 aromatic heterocycles. The van der Waals surface area contributed by atoms with Crippen molar-refractivity contribution in [3.63, 3.8) is 0 Å². The van der Waals surface area contributed by atoms with Gasteiger partial charge in [0, 0.05) is 24.5 Å². The van der Waals surface area contributed by atoms with Gasteiger partial charge in [0.05, 0.1) is 6.54 Å². The Labute approximate surface area is 98.9 Å². The number of nitrogens with one attached hydrogen (secondary N) is 1. The van der Waals surface area contributed by atoms with E-state index in [4.69, 9.17) is 0 Å². The third-order valence-corrected chi connectivity index (χ3v) is 2.60. The number of benzene rings is 1. The van der Waals surface area contributed by atoms with Crippen LogP contribution in [0, 0.1) is 11.6 Å². The molecule has 0 amide bonds. The lowest BCUT2D eigenvalue weighted by Gasteiger charge is -2.06. The second kappa shape index (κ2) is 5.10. The molecular weight excluding hydrogens is 222 g/mol. The van der Waals surface area contributed by atoms with Crippen LogP contribution in [0.25, 0.3) is 0 Å². The Morgan fingerprint density at radius 3 is 2.53 bits per heavy atom. The van der Waals surface area contributed by atoms with Crippen molar-refractivity contribution in [2.75, 3.05) is 7.05 Å². The van der Waals surface area contributed by atoms with Gasteiger partial charge in [0.15, 0.2) is 0 Å². The summed E-state index contributed by atoms with van der Waals surface area (Å²) < 4.78 is 28.6. The molecule has 2 rings (SSSR count). The molecule has 2 nitrogen and oxygen atoms in total. The van der Waals surface area contributed by atoms with Gasteiger partial charge in [-0.15, -0.1) is 0 Å². The summed E-state index contributed by atoms with van der Waals surface area (Å²) in [4.78, 5) is 0. The Hall–Kier alpha value is -1.68. The van der Waals surface area contributed by atoms with Crippen molar-refractivity contribution < 1.29 is 8.78 Å². The van der Waals surface area contributed by atoms with Crippen LogP contribution in [-0.4, -0.2) is 11.6 Å². The van der Waals surface area contributed by atoms with Crippen LogP contribution in [0.15, 0.2) is 36.7 Å². The van der Waals surface area contributed by atoms with E-state index >= 15 is 0 Å². The number of hydrogen-bond donors (Lipinski definition) is 1. The van der Waals surface area contributed by atoms with Crippen molar-refractivity contribution in [2.45, 2.75) is 13.1 Å². The highest BCUT2D eigenvalue weighted by Gasteiger charge is 2.08. The standard InChI is InChI=1S/C13H14F2N2/c1-16-7-10-5-6-17(8-10)9-11-12(14)3-2-4-13(11)15/h2-6,8,16H,7,9H2,1H3. The lowest BCUT2D eigenvalue weighted by molar-refractivity contribution is 0.544. The van der Waals surface area contributed by atoms with Gasteiger partial charge in [-0.2, -0.15) is 0 Å². The molecule has 2 aromatic rings. The molecule has 0 spiro atoms. The summed E-state index contributed by atoms with van der Waals surface area (Å²) in [6.07, 6.45) is 3.70. The van der Waals surface area contributed by atoms with Gasteiger partial charge in [-0.25, -0.2) is 8.78 Å². The van der Waals surface area contributed by atoms with Gasteiger partial charge in [0.2, 0.25) is 0 Å².